The van der Waals surface area contributed by atoms with Crippen molar-refractivity contribution in [2.75, 3.05) is 11.9 Å². The Balaban J connectivity index is 0.00000106. The Hall–Kier alpha value is -1.03. The van der Waals surface area contributed by atoms with Crippen LogP contribution in [-0.2, 0) is 4.79 Å². The third-order valence-electron chi connectivity index (χ3n) is 1.74. The Kier molecular flexibility index (Phi) is 8.62. The van der Waals surface area contributed by atoms with Crippen LogP contribution in [0.4, 0.5) is 5.69 Å². The lowest BCUT2D eigenvalue weighted by molar-refractivity contribution is -0.137. The fraction of sp³-hybridized carbons (Fsp3) is 0.417. The number of rotatable bonds is 5. The van der Waals surface area contributed by atoms with Crippen molar-refractivity contribution in [3.05, 3.63) is 28.7 Å². The molecule has 0 saturated heterocycles. The zero-order valence-electron chi connectivity index (χ0n) is 9.66. The summed E-state index contributed by atoms with van der Waals surface area (Å²) in [5.74, 6) is -0.748. The van der Waals surface area contributed by atoms with Crippen molar-refractivity contribution in [2.45, 2.75) is 26.7 Å². The summed E-state index contributed by atoms with van der Waals surface area (Å²) < 4.78 is 1.04. The maximum absolute atomic E-state index is 10.2. The van der Waals surface area contributed by atoms with E-state index in [1.165, 1.54) is 0 Å². The molecule has 4 heteroatoms. The van der Waals surface area contributed by atoms with Gasteiger partial charge in [0, 0.05) is 23.1 Å². The lowest BCUT2D eigenvalue weighted by atomic mass is 10.3. The molecule has 0 atom stereocenters. The quantitative estimate of drug-likeness (QED) is 0.811. The second-order valence-electron chi connectivity index (χ2n) is 2.93. The maximum atomic E-state index is 10.2. The summed E-state index contributed by atoms with van der Waals surface area (Å²) in [6.07, 6.45) is 0.856. The molecule has 0 radical (unpaired) electrons. The predicted octanol–water partition coefficient (Wildman–Crippen LogP) is 3.75. The number of nitrogens with one attached hydrogen (secondary N) is 1. The van der Waals surface area contributed by atoms with Crippen LogP contribution in [0.2, 0.25) is 0 Å². The molecular formula is C12H18BrNO2. The van der Waals surface area contributed by atoms with E-state index in [1.54, 1.807) is 0 Å². The van der Waals surface area contributed by atoms with Crippen LogP contribution in [0, 0.1) is 0 Å². The number of hydrogen-bond donors (Lipinski definition) is 2. The standard InChI is InChI=1S/C10H12BrNO2.C2H6/c11-8-3-5-9(6-4-8)12-7-1-2-10(13)14;1-2/h3-6,12H,1-2,7H2,(H,13,14);1-2H3. The zero-order chi connectivity index (χ0) is 12.4. The van der Waals surface area contributed by atoms with E-state index >= 15 is 0 Å². The first-order chi connectivity index (χ1) is 7.68. The van der Waals surface area contributed by atoms with E-state index in [4.69, 9.17) is 5.11 Å². The third-order valence-corrected chi connectivity index (χ3v) is 2.27. The molecule has 0 unspecified atom stereocenters. The molecule has 0 fully saturated rings. The van der Waals surface area contributed by atoms with Gasteiger partial charge in [-0.3, -0.25) is 4.79 Å². The minimum absolute atomic E-state index is 0.212. The molecule has 0 aliphatic rings. The second-order valence-corrected chi connectivity index (χ2v) is 3.85. The molecular weight excluding hydrogens is 270 g/mol. The summed E-state index contributed by atoms with van der Waals surface area (Å²) >= 11 is 3.34. The molecule has 0 bridgehead atoms. The van der Waals surface area contributed by atoms with E-state index in [2.05, 4.69) is 21.2 Å². The second kappa shape index (κ2) is 9.21. The Morgan fingerprint density at radius 3 is 2.38 bits per heavy atom. The number of halogens is 1. The van der Waals surface area contributed by atoms with E-state index < -0.39 is 5.97 Å². The fourth-order valence-corrected chi connectivity index (χ4v) is 1.30. The lowest BCUT2D eigenvalue weighted by Crippen LogP contribution is -2.04. The predicted molar refractivity (Wildman–Crippen MR) is 70.8 cm³/mol. The molecule has 0 saturated carbocycles. The molecule has 0 spiro atoms. The van der Waals surface area contributed by atoms with Crippen molar-refractivity contribution < 1.29 is 9.90 Å². The van der Waals surface area contributed by atoms with Crippen LogP contribution < -0.4 is 5.32 Å². The Morgan fingerprint density at radius 1 is 1.31 bits per heavy atom. The summed E-state index contributed by atoms with van der Waals surface area (Å²) in [4.78, 5) is 10.2. The largest absolute Gasteiger partial charge is 0.481 e. The Labute approximate surface area is 105 Å². The van der Waals surface area contributed by atoms with E-state index in [0.29, 0.717) is 13.0 Å². The van der Waals surface area contributed by atoms with Crippen molar-refractivity contribution >= 4 is 27.6 Å². The first-order valence-electron chi connectivity index (χ1n) is 5.40. The highest BCUT2D eigenvalue weighted by Gasteiger charge is 1.96. The molecule has 16 heavy (non-hydrogen) atoms. The van der Waals surface area contributed by atoms with Crippen LogP contribution in [0.25, 0.3) is 0 Å². The summed E-state index contributed by atoms with van der Waals surface area (Å²) in [5.41, 5.74) is 1.01. The maximum Gasteiger partial charge on any atom is 0.303 e. The van der Waals surface area contributed by atoms with Gasteiger partial charge in [0.25, 0.3) is 0 Å². The number of anilines is 1. The Morgan fingerprint density at radius 2 is 1.88 bits per heavy atom. The van der Waals surface area contributed by atoms with Crippen LogP contribution >= 0.6 is 15.9 Å². The fourth-order valence-electron chi connectivity index (χ4n) is 1.04. The number of hydrogen-bond acceptors (Lipinski definition) is 2. The first kappa shape index (κ1) is 15.0. The van der Waals surface area contributed by atoms with Gasteiger partial charge in [-0.2, -0.15) is 0 Å². The van der Waals surface area contributed by atoms with Crippen molar-refractivity contribution in [3.63, 3.8) is 0 Å². The van der Waals surface area contributed by atoms with Gasteiger partial charge in [-0.1, -0.05) is 29.8 Å². The van der Waals surface area contributed by atoms with Crippen LogP contribution in [0.3, 0.4) is 0 Å². The van der Waals surface area contributed by atoms with E-state index in [1.807, 2.05) is 38.1 Å². The highest BCUT2D eigenvalue weighted by molar-refractivity contribution is 9.10. The monoisotopic (exact) mass is 287 g/mol. The van der Waals surface area contributed by atoms with Crippen LogP contribution in [0.1, 0.15) is 26.7 Å². The molecule has 2 N–H and O–H groups in total. The molecule has 0 heterocycles. The molecule has 90 valence electrons. The van der Waals surface area contributed by atoms with Crippen molar-refractivity contribution in [1.29, 1.82) is 0 Å². The number of benzene rings is 1. The van der Waals surface area contributed by atoms with Crippen molar-refractivity contribution in [3.8, 4) is 0 Å². The van der Waals surface area contributed by atoms with Gasteiger partial charge in [-0.15, -0.1) is 0 Å². The average molecular weight is 288 g/mol. The average Bonchev–Trinajstić information content (AvgIpc) is 2.29. The number of carboxylic acid groups (broad SMARTS) is 1. The van der Waals surface area contributed by atoms with Crippen LogP contribution in [0.5, 0.6) is 0 Å². The van der Waals surface area contributed by atoms with Gasteiger partial charge in [-0.25, -0.2) is 0 Å². The SMILES string of the molecule is CC.O=C(O)CCCNc1ccc(Br)cc1. The highest BCUT2D eigenvalue weighted by Crippen LogP contribution is 2.13. The number of aliphatic carboxylic acids is 1. The van der Waals surface area contributed by atoms with E-state index in [9.17, 15) is 4.79 Å². The molecule has 3 nitrogen and oxygen atoms in total. The molecule has 1 aromatic carbocycles. The molecule has 0 amide bonds. The summed E-state index contributed by atoms with van der Waals surface area (Å²) in [7, 11) is 0. The smallest absolute Gasteiger partial charge is 0.303 e. The summed E-state index contributed by atoms with van der Waals surface area (Å²) in [6, 6.07) is 7.79. The van der Waals surface area contributed by atoms with Crippen molar-refractivity contribution in [2.24, 2.45) is 0 Å². The number of carbonyl (C=O) groups is 1. The highest BCUT2D eigenvalue weighted by atomic mass is 79.9. The van der Waals surface area contributed by atoms with E-state index in [-0.39, 0.29) is 6.42 Å². The molecule has 0 aliphatic heterocycles. The lowest BCUT2D eigenvalue weighted by Gasteiger charge is -2.04. The van der Waals surface area contributed by atoms with Gasteiger partial charge in [0.15, 0.2) is 0 Å². The minimum atomic E-state index is -0.748. The summed E-state index contributed by atoms with van der Waals surface area (Å²) in [6.45, 7) is 4.69. The van der Waals surface area contributed by atoms with Gasteiger partial charge < -0.3 is 10.4 Å². The van der Waals surface area contributed by atoms with Gasteiger partial charge in [-0.05, 0) is 30.7 Å². The third kappa shape index (κ3) is 7.29. The topological polar surface area (TPSA) is 49.3 Å². The van der Waals surface area contributed by atoms with Gasteiger partial charge >= 0.3 is 5.97 Å². The number of carboxylic acids is 1. The minimum Gasteiger partial charge on any atom is -0.481 e. The first-order valence-corrected chi connectivity index (χ1v) is 6.19. The molecule has 0 aliphatic carbocycles. The molecule has 1 aromatic rings. The van der Waals surface area contributed by atoms with Gasteiger partial charge in [0.2, 0.25) is 0 Å². The summed E-state index contributed by atoms with van der Waals surface area (Å²) in [5, 5.41) is 11.6. The normalized spacial score (nSPS) is 8.94. The van der Waals surface area contributed by atoms with Gasteiger partial charge in [0.1, 0.15) is 0 Å². The van der Waals surface area contributed by atoms with Crippen LogP contribution in [-0.4, -0.2) is 17.6 Å². The van der Waals surface area contributed by atoms with Crippen LogP contribution in [0.15, 0.2) is 28.7 Å². The van der Waals surface area contributed by atoms with E-state index in [0.717, 1.165) is 10.2 Å². The Bertz CT molecular complexity index is 298. The zero-order valence-corrected chi connectivity index (χ0v) is 11.3. The van der Waals surface area contributed by atoms with Crippen molar-refractivity contribution in [1.82, 2.24) is 0 Å². The molecule has 0 aromatic heterocycles. The van der Waals surface area contributed by atoms with Gasteiger partial charge in [0.05, 0.1) is 0 Å². The molecule has 1 rings (SSSR count).